The van der Waals surface area contributed by atoms with Gasteiger partial charge in [-0.05, 0) is 58.1 Å². The molecular weight excluding hydrogens is 294 g/mol. The summed E-state index contributed by atoms with van der Waals surface area (Å²) in [5, 5.41) is 3.92. The third kappa shape index (κ3) is 2.95. The Hall–Kier alpha value is -1.62. The Balaban J connectivity index is 2.04. The molecular formula is C17H23N3OS. The van der Waals surface area contributed by atoms with Crippen LogP contribution in [0.5, 0.6) is 0 Å². The van der Waals surface area contributed by atoms with Gasteiger partial charge in [0.25, 0.3) is 5.91 Å². The van der Waals surface area contributed by atoms with E-state index in [1.807, 2.05) is 20.8 Å². The fourth-order valence-electron chi connectivity index (χ4n) is 2.90. The molecule has 0 spiro atoms. The normalized spacial score (nSPS) is 15.4. The number of nitrogens with zero attached hydrogens (tertiary/aromatic N) is 1. The van der Waals surface area contributed by atoms with Gasteiger partial charge in [-0.25, -0.2) is 4.98 Å². The van der Waals surface area contributed by atoms with Gasteiger partial charge < -0.3 is 11.1 Å². The number of thiophene rings is 1. The Labute approximate surface area is 135 Å². The Morgan fingerprint density at radius 2 is 2.00 bits per heavy atom. The van der Waals surface area contributed by atoms with E-state index in [0.717, 1.165) is 23.1 Å². The number of amides is 1. The molecule has 0 aromatic carbocycles. The minimum Gasteiger partial charge on any atom is -0.397 e. The first-order valence-corrected chi connectivity index (χ1v) is 8.70. The van der Waals surface area contributed by atoms with Gasteiger partial charge in [-0.1, -0.05) is 6.42 Å². The van der Waals surface area contributed by atoms with Crippen LogP contribution >= 0.6 is 11.3 Å². The minimum atomic E-state index is -0.274. The molecule has 2 aromatic rings. The number of hydrogen-bond acceptors (Lipinski definition) is 4. The van der Waals surface area contributed by atoms with Gasteiger partial charge in [0.2, 0.25) is 0 Å². The monoisotopic (exact) mass is 317 g/mol. The summed E-state index contributed by atoms with van der Waals surface area (Å²) in [6.07, 6.45) is 5.77. The van der Waals surface area contributed by atoms with Crippen molar-refractivity contribution in [3.05, 3.63) is 22.2 Å². The number of aromatic nitrogens is 1. The van der Waals surface area contributed by atoms with Gasteiger partial charge in [-0.15, -0.1) is 11.3 Å². The first kappa shape index (κ1) is 15.3. The maximum absolute atomic E-state index is 12.4. The fraction of sp³-hybridized carbons (Fsp3) is 0.529. The second-order valence-electron chi connectivity index (χ2n) is 7.06. The van der Waals surface area contributed by atoms with E-state index in [1.54, 1.807) is 0 Å². The predicted molar refractivity (Wildman–Crippen MR) is 92.5 cm³/mol. The van der Waals surface area contributed by atoms with Crippen molar-refractivity contribution in [1.29, 1.82) is 0 Å². The standard InChI is InChI=1S/C17H23N3OS/c1-17(2,3)20-15(21)14-13(18)11-9-10-7-5-4-6-8-12(10)19-16(11)22-14/h9H,4-8,18H2,1-3H3,(H,20,21). The molecule has 0 saturated heterocycles. The third-order valence-corrected chi connectivity index (χ3v) is 5.06. The lowest BCUT2D eigenvalue weighted by atomic mass is 10.1. The summed E-state index contributed by atoms with van der Waals surface area (Å²) in [6, 6.07) is 2.16. The molecule has 2 heterocycles. The van der Waals surface area contributed by atoms with Gasteiger partial charge in [-0.3, -0.25) is 4.79 Å². The molecule has 0 aliphatic heterocycles. The third-order valence-electron chi connectivity index (χ3n) is 3.94. The molecule has 1 aliphatic rings. The highest BCUT2D eigenvalue weighted by Gasteiger charge is 2.22. The van der Waals surface area contributed by atoms with E-state index in [4.69, 9.17) is 10.7 Å². The molecule has 4 nitrogen and oxygen atoms in total. The molecule has 3 N–H and O–H groups in total. The number of carbonyl (C=O) groups is 1. The van der Waals surface area contributed by atoms with Crippen LogP contribution in [0.3, 0.4) is 0 Å². The van der Waals surface area contributed by atoms with Gasteiger partial charge in [0, 0.05) is 16.6 Å². The second-order valence-corrected chi connectivity index (χ2v) is 8.06. The van der Waals surface area contributed by atoms with Crippen LogP contribution in [0.1, 0.15) is 61.0 Å². The number of aryl methyl sites for hydroxylation is 2. The lowest BCUT2D eigenvalue weighted by molar-refractivity contribution is 0.0924. The zero-order chi connectivity index (χ0) is 15.9. The Morgan fingerprint density at radius 1 is 1.27 bits per heavy atom. The summed E-state index contributed by atoms with van der Waals surface area (Å²) in [4.78, 5) is 18.7. The number of nitrogens with two attached hydrogens (primary N) is 1. The Kier molecular flexibility index (Phi) is 3.85. The number of nitrogen functional groups attached to an aromatic ring is 1. The average Bonchev–Trinajstić information content (AvgIpc) is 2.59. The van der Waals surface area contributed by atoms with E-state index in [0.29, 0.717) is 10.6 Å². The van der Waals surface area contributed by atoms with E-state index >= 15 is 0 Å². The molecule has 1 amide bonds. The lowest BCUT2D eigenvalue weighted by Gasteiger charge is -2.20. The van der Waals surface area contributed by atoms with Crippen molar-refractivity contribution in [2.75, 3.05) is 5.73 Å². The fourth-order valence-corrected chi connectivity index (χ4v) is 3.89. The largest absolute Gasteiger partial charge is 0.397 e. The molecule has 0 saturated carbocycles. The van der Waals surface area contributed by atoms with Gasteiger partial charge >= 0.3 is 0 Å². The number of rotatable bonds is 1. The van der Waals surface area contributed by atoms with Gasteiger partial charge in [0.1, 0.15) is 9.71 Å². The smallest absolute Gasteiger partial charge is 0.263 e. The van der Waals surface area contributed by atoms with E-state index in [9.17, 15) is 4.79 Å². The second kappa shape index (κ2) is 5.54. The number of anilines is 1. The lowest BCUT2D eigenvalue weighted by Crippen LogP contribution is -2.40. The quantitative estimate of drug-likeness (QED) is 0.788. The maximum Gasteiger partial charge on any atom is 0.263 e. The average molecular weight is 317 g/mol. The number of hydrogen-bond donors (Lipinski definition) is 2. The van der Waals surface area contributed by atoms with E-state index in [-0.39, 0.29) is 11.4 Å². The Morgan fingerprint density at radius 3 is 2.73 bits per heavy atom. The van der Waals surface area contributed by atoms with Crippen molar-refractivity contribution < 1.29 is 4.79 Å². The highest BCUT2D eigenvalue weighted by Crippen LogP contribution is 2.35. The summed E-state index contributed by atoms with van der Waals surface area (Å²) in [6.45, 7) is 5.90. The van der Waals surface area contributed by atoms with Crippen LogP contribution in [0.4, 0.5) is 5.69 Å². The predicted octanol–water partition coefficient (Wildman–Crippen LogP) is 3.68. The number of carbonyl (C=O) groups excluding carboxylic acids is 1. The number of nitrogens with one attached hydrogen (secondary N) is 1. The maximum atomic E-state index is 12.4. The van der Waals surface area contributed by atoms with Crippen molar-refractivity contribution in [3.63, 3.8) is 0 Å². The van der Waals surface area contributed by atoms with Gasteiger partial charge in [0.05, 0.1) is 5.69 Å². The summed E-state index contributed by atoms with van der Waals surface area (Å²) in [5.41, 5.74) is 9.03. The SMILES string of the molecule is CC(C)(C)NC(=O)c1sc2nc3c(cc2c1N)CCCCC3. The molecule has 5 heteroatoms. The van der Waals surface area contributed by atoms with E-state index in [1.165, 1.54) is 41.9 Å². The molecule has 3 rings (SSSR count). The summed E-state index contributed by atoms with van der Waals surface area (Å²) >= 11 is 1.40. The molecule has 1 aliphatic carbocycles. The first-order valence-electron chi connectivity index (χ1n) is 7.88. The van der Waals surface area contributed by atoms with Crippen molar-refractivity contribution in [2.24, 2.45) is 0 Å². The van der Waals surface area contributed by atoms with Crippen molar-refractivity contribution in [1.82, 2.24) is 10.3 Å². The molecule has 0 fully saturated rings. The van der Waals surface area contributed by atoms with Crippen LogP contribution in [0.25, 0.3) is 10.2 Å². The number of pyridine rings is 1. The Bertz CT molecular complexity index is 728. The van der Waals surface area contributed by atoms with E-state index < -0.39 is 0 Å². The topological polar surface area (TPSA) is 68.0 Å². The molecule has 118 valence electrons. The molecule has 22 heavy (non-hydrogen) atoms. The van der Waals surface area contributed by atoms with Crippen LogP contribution in [-0.4, -0.2) is 16.4 Å². The van der Waals surface area contributed by atoms with Crippen LogP contribution in [-0.2, 0) is 12.8 Å². The zero-order valence-electron chi connectivity index (χ0n) is 13.5. The zero-order valence-corrected chi connectivity index (χ0v) is 14.3. The number of fused-ring (bicyclic) bond motifs is 2. The molecule has 0 bridgehead atoms. The molecule has 0 unspecified atom stereocenters. The first-order chi connectivity index (χ1) is 10.3. The highest BCUT2D eigenvalue weighted by molar-refractivity contribution is 7.21. The minimum absolute atomic E-state index is 0.108. The van der Waals surface area contributed by atoms with Crippen molar-refractivity contribution in [3.8, 4) is 0 Å². The van der Waals surface area contributed by atoms with Crippen molar-refractivity contribution in [2.45, 2.75) is 58.4 Å². The van der Waals surface area contributed by atoms with Crippen LogP contribution in [0.2, 0.25) is 0 Å². The van der Waals surface area contributed by atoms with E-state index in [2.05, 4.69) is 11.4 Å². The van der Waals surface area contributed by atoms with Crippen molar-refractivity contribution >= 4 is 33.1 Å². The highest BCUT2D eigenvalue weighted by atomic mass is 32.1. The van der Waals surface area contributed by atoms with Crippen LogP contribution in [0.15, 0.2) is 6.07 Å². The van der Waals surface area contributed by atoms with Gasteiger partial charge in [-0.2, -0.15) is 0 Å². The molecule has 0 atom stereocenters. The van der Waals surface area contributed by atoms with Crippen LogP contribution < -0.4 is 11.1 Å². The summed E-state index contributed by atoms with van der Waals surface area (Å²) in [7, 11) is 0. The van der Waals surface area contributed by atoms with Crippen LogP contribution in [0, 0.1) is 0 Å². The summed E-state index contributed by atoms with van der Waals surface area (Å²) in [5.74, 6) is -0.108. The van der Waals surface area contributed by atoms with Gasteiger partial charge in [0.15, 0.2) is 0 Å². The summed E-state index contributed by atoms with van der Waals surface area (Å²) < 4.78 is 0. The molecule has 0 radical (unpaired) electrons. The molecule has 2 aromatic heterocycles.